The fourth-order valence-corrected chi connectivity index (χ4v) is 2.74. The molecule has 1 unspecified atom stereocenters. The molecular formula is C18H17N2O3+. The zero-order chi connectivity index (χ0) is 16.4. The SMILES string of the molecule is CCOC(=O)[N+]1(C(=O)c2cccc(N)c2)C=Cc2ccccc21. The molecular weight excluding hydrogens is 292 g/mol. The van der Waals surface area contributed by atoms with Crippen LogP contribution in [0.5, 0.6) is 0 Å². The molecule has 2 N–H and O–H groups in total. The second-order valence-electron chi connectivity index (χ2n) is 5.23. The number of imide groups is 1. The van der Waals surface area contributed by atoms with Crippen molar-refractivity contribution in [1.29, 1.82) is 0 Å². The van der Waals surface area contributed by atoms with Gasteiger partial charge in [-0.2, -0.15) is 4.79 Å². The third kappa shape index (κ3) is 2.31. The minimum absolute atomic E-state index is 0.194. The van der Waals surface area contributed by atoms with Crippen LogP contribution < -0.4 is 10.2 Å². The first-order chi connectivity index (χ1) is 11.1. The summed E-state index contributed by atoms with van der Waals surface area (Å²) in [6.07, 6.45) is 2.70. The maximum Gasteiger partial charge on any atom is 0.534 e. The molecule has 0 saturated heterocycles. The third-order valence-corrected chi connectivity index (χ3v) is 3.80. The van der Waals surface area contributed by atoms with Crippen molar-refractivity contribution in [3.63, 3.8) is 0 Å². The number of carbonyl (C=O) groups is 2. The van der Waals surface area contributed by atoms with Crippen LogP contribution in [-0.2, 0) is 4.74 Å². The van der Waals surface area contributed by atoms with Gasteiger partial charge < -0.3 is 10.5 Å². The van der Waals surface area contributed by atoms with Gasteiger partial charge in [0.05, 0.1) is 12.2 Å². The standard InChI is InChI=1S/C18H17N2O3/c1-2-23-18(22)20(11-10-13-6-3-4-9-16(13)20)17(21)14-7-5-8-15(19)12-14/h3-12H,2,19H2,1H3/q+1. The van der Waals surface area contributed by atoms with E-state index in [1.54, 1.807) is 55.6 Å². The van der Waals surface area contributed by atoms with Crippen molar-refractivity contribution in [1.82, 2.24) is 4.48 Å². The number of anilines is 1. The van der Waals surface area contributed by atoms with E-state index in [9.17, 15) is 9.59 Å². The lowest BCUT2D eigenvalue weighted by Crippen LogP contribution is -2.53. The predicted molar refractivity (Wildman–Crippen MR) is 89.5 cm³/mol. The molecule has 0 spiro atoms. The van der Waals surface area contributed by atoms with Crippen molar-refractivity contribution in [2.75, 3.05) is 12.3 Å². The van der Waals surface area contributed by atoms with E-state index in [-0.39, 0.29) is 6.61 Å². The van der Waals surface area contributed by atoms with Gasteiger partial charge in [0.1, 0.15) is 6.20 Å². The molecule has 2 aromatic rings. The lowest BCUT2D eigenvalue weighted by Gasteiger charge is -2.25. The second kappa shape index (κ2) is 5.70. The first kappa shape index (κ1) is 15.0. The number of rotatable bonds is 2. The number of para-hydroxylation sites is 1. The van der Waals surface area contributed by atoms with Crippen LogP contribution >= 0.6 is 0 Å². The van der Waals surface area contributed by atoms with Crippen LogP contribution in [0.25, 0.3) is 6.08 Å². The smallest absolute Gasteiger partial charge is 0.419 e. The maximum absolute atomic E-state index is 13.2. The second-order valence-corrected chi connectivity index (χ2v) is 5.23. The van der Waals surface area contributed by atoms with E-state index in [4.69, 9.17) is 10.5 Å². The van der Waals surface area contributed by atoms with Crippen LogP contribution in [0.2, 0.25) is 0 Å². The minimum Gasteiger partial charge on any atom is -0.419 e. The van der Waals surface area contributed by atoms with E-state index >= 15 is 0 Å². The molecule has 2 amide bonds. The Balaban J connectivity index is 2.17. The molecule has 0 aromatic heterocycles. The highest BCUT2D eigenvalue weighted by Crippen LogP contribution is 2.38. The fourth-order valence-electron chi connectivity index (χ4n) is 2.74. The Kier molecular flexibility index (Phi) is 3.72. The molecule has 5 nitrogen and oxygen atoms in total. The summed E-state index contributed by atoms with van der Waals surface area (Å²) in [5.41, 5.74) is 8.00. The van der Waals surface area contributed by atoms with E-state index < -0.39 is 16.5 Å². The van der Waals surface area contributed by atoms with Gasteiger partial charge in [-0.05, 0) is 31.2 Å². The molecule has 1 aliphatic rings. The number of carbonyl (C=O) groups excluding carboxylic acids is 2. The number of ether oxygens (including phenoxy) is 1. The van der Waals surface area contributed by atoms with Crippen molar-refractivity contribution in [2.24, 2.45) is 0 Å². The van der Waals surface area contributed by atoms with Gasteiger partial charge in [-0.25, -0.2) is 4.79 Å². The van der Waals surface area contributed by atoms with E-state index in [0.29, 0.717) is 16.9 Å². The maximum atomic E-state index is 13.2. The molecule has 0 aliphatic carbocycles. The molecule has 2 aromatic carbocycles. The first-order valence-corrected chi connectivity index (χ1v) is 7.35. The number of benzene rings is 2. The third-order valence-electron chi connectivity index (χ3n) is 3.80. The fraction of sp³-hybridized carbons (Fsp3) is 0.111. The lowest BCUT2D eigenvalue weighted by atomic mass is 10.1. The Hall–Kier alpha value is -2.92. The van der Waals surface area contributed by atoms with Gasteiger partial charge in [0.25, 0.3) is 0 Å². The summed E-state index contributed by atoms with van der Waals surface area (Å²) in [5, 5.41) is 0. The zero-order valence-electron chi connectivity index (χ0n) is 12.7. The van der Waals surface area contributed by atoms with Gasteiger partial charge in [-0.1, -0.05) is 22.7 Å². The average molecular weight is 309 g/mol. The Bertz CT molecular complexity index is 813. The molecule has 23 heavy (non-hydrogen) atoms. The minimum atomic E-state index is -0.624. The van der Waals surface area contributed by atoms with Crippen LogP contribution in [0.3, 0.4) is 0 Å². The van der Waals surface area contributed by atoms with E-state index in [2.05, 4.69) is 0 Å². The van der Waals surface area contributed by atoms with Crippen LogP contribution in [0.1, 0.15) is 22.8 Å². The summed E-state index contributed by atoms with van der Waals surface area (Å²) >= 11 is 0. The normalized spacial score (nSPS) is 18.5. The first-order valence-electron chi connectivity index (χ1n) is 7.35. The molecule has 5 heteroatoms. The largest absolute Gasteiger partial charge is 0.534 e. The highest BCUT2D eigenvalue weighted by Gasteiger charge is 2.51. The summed E-state index contributed by atoms with van der Waals surface area (Å²) in [6, 6.07) is 13.9. The van der Waals surface area contributed by atoms with Gasteiger partial charge in [-0.15, -0.1) is 0 Å². The van der Waals surface area contributed by atoms with E-state index in [1.807, 2.05) is 12.1 Å². The highest BCUT2D eigenvalue weighted by atomic mass is 16.6. The highest BCUT2D eigenvalue weighted by molar-refractivity contribution is 6.18. The summed E-state index contributed by atoms with van der Waals surface area (Å²) in [5.74, 6) is -0.392. The van der Waals surface area contributed by atoms with Crippen molar-refractivity contribution in [3.8, 4) is 0 Å². The number of nitrogens with zero attached hydrogens (tertiary/aromatic N) is 1. The van der Waals surface area contributed by atoms with Crippen molar-refractivity contribution < 1.29 is 14.3 Å². The zero-order valence-corrected chi connectivity index (χ0v) is 12.7. The lowest BCUT2D eigenvalue weighted by molar-refractivity contribution is 0.0764. The van der Waals surface area contributed by atoms with Crippen molar-refractivity contribution in [3.05, 3.63) is 65.9 Å². The van der Waals surface area contributed by atoms with E-state index in [0.717, 1.165) is 5.56 Å². The van der Waals surface area contributed by atoms with Gasteiger partial charge in [0.2, 0.25) is 0 Å². The van der Waals surface area contributed by atoms with Crippen molar-refractivity contribution in [2.45, 2.75) is 6.92 Å². The Labute approximate surface area is 134 Å². The van der Waals surface area contributed by atoms with Gasteiger partial charge >= 0.3 is 12.0 Å². The number of nitrogens with two attached hydrogens (primary N) is 1. The number of fused-ring (bicyclic) bond motifs is 1. The number of quaternary nitrogens is 1. The van der Waals surface area contributed by atoms with Crippen LogP contribution in [0.4, 0.5) is 16.2 Å². The molecule has 116 valence electrons. The van der Waals surface area contributed by atoms with Gasteiger partial charge in [0, 0.05) is 23.4 Å². The molecule has 0 saturated carbocycles. The van der Waals surface area contributed by atoms with E-state index in [1.165, 1.54) is 0 Å². The Morgan fingerprint density at radius 3 is 2.65 bits per heavy atom. The molecule has 1 aliphatic heterocycles. The molecule has 0 fully saturated rings. The Morgan fingerprint density at radius 2 is 1.91 bits per heavy atom. The van der Waals surface area contributed by atoms with Gasteiger partial charge in [0.15, 0.2) is 5.69 Å². The molecule has 3 rings (SSSR count). The van der Waals surface area contributed by atoms with Crippen molar-refractivity contribution >= 4 is 29.5 Å². The summed E-state index contributed by atoms with van der Waals surface area (Å²) in [7, 11) is 0. The summed E-state index contributed by atoms with van der Waals surface area (Å²) < 4.78 is 4.57. The molecule has 0 radical (unpaired) electrons. The number of nitrogen functional groups attached to an aromatic ring is 1. The number of hydrogen-bond acceptors (Lipinski definition) is 4. The average Bonchev–Trinajstić information content (AvgIpc) is 2.95. The summed E-state index contributed by atoms with van der Waals surface area (Å²) in [4.78, 5) is 25.8. The topological polar surface area (TPSA) is 69.4 Å². The van der Waals surface area contributed by atoms with Gasteiger partial charge in [-0.3, -0.25) is 0 Å². The Morgan fingerprint density at radius 1 is 1.13 bits per heavy atom. The molecule has 1 atom stereocenters. The van der Waals surface area contributed by atoms with Crippen LogP contribution in [-0.4, -0.2) is 18.6 Å². The number of hydrogen-bond donors (Lipinski definition) is 1. The summed E-state index contributed by atoms with van der Waals surface area (Å²) in [6.45, 7) is 1.91. The number of amides is 2. The predicted octanol–water partition coefficient (Wildman–Crippen LogP) is 3.56. The molecule has 0 bridgehead atoms. The van der Waals surface area contributed by atoms with Crippen LogP contribution in [0, 0.1) is 0 Å². The van der Waals surface area contributed by atoms with Crippen LogP contribution in [0.15, 0.2) is 54.7 Å². The monoisotopic (exact) mass is 309 g/mol. The molecule has 1 heterocycles. The quantitative estimate of drug-likeness (QED) is 0.680.